The lowest BCUT2D eigenvalue weighted by Crippen LogP contribution is -2.15. The fourth-order valence-electron chi connectivity index (χ4n) is 3.18. The quantitative estimate of drug-likeness (QED) is 0.174. The summed E-state index contributed by atoms with van der Waals surface area (Å²) in [6, 6.07) is 22.5. The highest BCUT2D eigenvalue weighted by atomic mass is 16.6. The third kappa shape index (κ3) is 7.96. The highest BCUT2D eigenvalue weighted by molar-refractivity contribution is 5.96. The van der Waals surface area contributed by atoms with E-state index in [1.165, 1.54) is 12.8 Å². The largest absolute Gasteiger partial charge is 0.494 e. The van der Waals surface area contributed by atoms with Crippen molar-refractivity contribution in [2.45, 2.75) is 32.6 Å². The SMILES string of the molecule is CCCCCCOc1ccc(C(=O)Oc2ccccc2C(=O)OCCOc2ccccc2)cc1. The molecule has 0 unspecified atom stereocenters. The van der Waals surface area contributed by atoms with E-state index in [1.54, 1.807) is 48.5 Å². The predicted molar refractivity (Wildman–Crippen MR) is 130 cm³/mol. The molecule has 3 aromatic carbocycles. The van der Waals surface area contributed by atoms with Crippen LogP contribution in [0.15, 0.2) is 78.9 Å². The Kier molecular flexibility index (Phi) is 9.99. The molecule has 0 spiro atoms. The molecule has 0 aliphatic carbocycles. The van der Waals surface area contributed by atoms with Crippen molar-refractivity contribution in [1.29, 1.82) is 0 Å². The van der Waals surface area contributed by atoms with E-state index in [9.17, 15) is 9.59 Å². The fraction of sp³-hybridized carbons (Fsp3) is 0.286. The van der Waals surface area contributed by atoms with Gasteiger partial charge in [-0.3, -0.25) is 0 Å². The monoisotopic (exact) mass is 462 g/mol. The second-order valence-electron chi connectivity index (χ2n) is 7.62. The van der Waals surface area contributed by atoms with Gasteiger partial charge in [-0.1, -0.05) is 56.5 Å². The predicted octanol–water partition coefficient (Wildman–Crippen LogP) is 6.10. The van der Waals surface area contributed by atoms with Crippen LogP contribution in [0.1, 0.15) is 53.3 Å². The number of ether oxygens (including phenoxy) is 4. The molecule has 0 N–H and O–H groups in total. The number of carbonyl (C=O) groups is 2. The molecule has 6 heteroatoms. The molecule has 34 heavy (non-hydrogen) atoms. The van der Waals surface area contributed by atoms with Crippen LogP contribution < -0.4 is 14.2 Å². The molecule has 178 valence electrons. The molecule has 0 atom stereocenters. The molecule has 0 aliphatic rings. The van der Waals surface area contributed by atoms with Crippen LogP contribution in [0, 0.1) is 0 Å². The van der Waals surface area contributed by atoms with Gasteiger partial charge in [-0.2, -0.15) is 0 Å². The zero-order chi connectivity index (χ0) is 24.0. The highest BCUT2D eigenvalue weighted by Gasteiger charge is 2.17. The zero-order valence-corrected chi connectivity index (χ0v) is 19.4. The third-order valence-corrected chi connectivity index (χ3v) is 4.99. The minimum Gasteiger partial charge on any atom is -0.494 e. The first-order chi connectivity index (χ1) is 16.7. The van der Waals surface area contributed by atoms with Crippen molar-refractivity contribution in [3.63, 3.8) is 0 Å². The first kappa shape index (κ1) is 24.8. The summed E-state index contributed by atoms with van der Waals surface area (Å²) >= 11 is 0. The Bertz CT molecular complexity index is 1030. The van der Waals surface area contributed by atoms with Crippen molar-refractivity contribution in [3.8, 4) is 17.2 Å². The minimum absolute atomic E-state index is 0.0654. The van der Waals surface area contributed by atoms with E-state index in [1.807, 2.05) is 30.3 Å². The number of esters is 2. The minimum atomic E-state index is -0.591. The summed E-state index contributed by atoms with van der Waals surface area (Å²) in [7, 11) is 0. The van der Waals surface area contributed by atoms with E-state index in [4.69, 9.17) is 18.9 Å². The normalized spacial score (nSPS) is 10.4. The molecule has 0 fully saturated rings. The fourth-order valence-corrected chi connectivity index (χ4v) is 3.18. The number of para-hydroxylation sites is 2. The van der Waals surface area contributed by atoms with E-state index in [0.29, 0.717) is 23.7 Å². The lowest BCUT2D eigenvalue weighted by atomic mass is 10.2. The topological polar surface area (TPSA) is 71.1 Å². The molecule has 0 amide bonds. The molecule has 0 saturated heterocycles. The molecular weight excluding hydrogens is 432 g/mol. The Balaban J connectivity index is 1.50. The Morgan fingerprint density at radius 3 is 2.09 bits per heavy atom. The zero-order valence-electron chi connectivity index (χ0n) is 19.4. The van der Waals surface area contributed by atoms with Crippen LogP contribution in [0.25, 0.3) is 0 Å². The smallest absolute Gasteiger partial charge is 0.343 e. The number of hydrogen-bond acceptors (Lipinski definition) is 6. The first-order valence-corrected chi connectivity index (χ1v) is 11.6. The number of unbranched alkanes of at least 4 members (excludes halogenated alkanes) is 3. The van der Waals surface area contributed by atoms with Gasteiger partial charge < -0.3 is 18.9 Å². The standard InChI is InChI=1S/C28H30O6/c1-2-3-4-10-19-31-24-17-15-22(16-18-24)27(29)34-26-14-9-8-13-25(26)28(30)33-21-20-32-23-11-6-5-7-12-23/h5-9,11-18H,2-4,10,19-21H2,1H3. The second kappa shape index (κ2) is 13.7. The van der Waals surface area contributed by atoms with Gasteiger partial charge in [0, 0.05) is 0 Å². The van der Waals surface area contributed by atoms with Gasteiger partial charge in [0.15, 0.2) is 0 Å². The lowest BCUT2D eigenvalue weighted by molar-refractivity contribution is 0.0445. The molecule has 0 aromatic heterocycles. The second-order valence-corrected chi connectivity index (χ2v) is 7.62. The molecule has 0 heterocycles. The lowest BCUT2D eigenvalue weighted by Gasteiger charge is -2.11. The van der Waals surface area contributed by atoms with E-state index in [-0.39, 0.29) is 24.5 Å². The number of hydrogen-bond donors (Lipinski definition) is 0. The van der Waals surface area contributed by atoms with Crippen LogP contribution in [0.4, 0.5) is 0 Å². The van der Waals surface area contributed by atoms with E-state index in [0.717, 1.165) is 12.8 Å². The summed E-state index contributed by atoms with van der Waals surface area (Å²) in [4.78, 5) is 25.1. The van der Waals surface area contributed by atoms with Gasteiger partial charge in [0.1, 0.15) is 36.0 Å². The summed E-state index contributed by atoms with van der Waals surface area (Å²) in [5.41, 5.74) is 0.528. The Hall–Kier alpha value is -3.80. The Morgan fingerprint density at radius 2 is 1.32 bits per heavy atom. The van der Waals surface area contributed by atoms with Crippen molar-refractivity contribution in [2.24, 2.45) is 0 Å². The average molecular weight is 463 g/mol. The van der Waals surface area contributed by atoms with Crippen LogP contribution in [-0.4, -0.2) is 31.8 Å². The van der Waals surface area contributed by atoms with Gasteiger partial charge in [0.2, 0.25) is 0 Å². The van der Waals surface area contributed by atoms with E-state index < -0.39 is 11.9 Å². The maximum absolute atomic E-state index is 12.6. The van der Waals surface area contributed by atoms with Crippen LogP contribution in [0.5, 0.6) is 17.2 Å². The van der Waals surface area contributed by atoms with Gasteiger partial charge in [0.25, 0.3) is 0 Å². The van der Waals surface area contributed by atoms with Gasteiger partial charge in [-0.05, 0) is 55.0 Å². The molecule has 0 bridgehead atoms. The van der Waals surface area contributed by atoms with Gasteiger partial charge in [-0.25, -0.2) is 9.59 Å². The van der Waals surface area contributed by atoms with Crippen molar-refractivity contribution in [3.05, 3.63) is 90.0 Å². The average Bonchev–Trinajstić information content (AvgIpc) is 2.87. The van der Waals surface area contributed by atoms with Crippen LogP contribution in [-0.2, 0) is 4.74 Å². The highest BCUT2D eigenvalue weighted by Crippen LogP contribution is 2.21. The van der Waals surface area contributed by atoms with Gasteiger partial charge >= 0.3 is 11.9 Å². The maximum Gasteiger partial charge on any atom is 0.343 e. The van der Waals surface area contributed by atoms with Crippen LogP contribution in [0.2, 0.25) is 0 Å². The van der Waals surface area contributed by atoms with Crippen molar-refractivity contribution < 1.29 is 28.5 Å². The summed E-state index contributed by atoms with van der Waals surface area (Å²) in [5, 5.41) is 0. The van der Waals surface area contributed by atoms with Crippen molar-refractivity contribution in [1.82, 2.24) is 0 Å². The van der Waals surface area contributed by atoms with Gasteiger partial charge in [0.05, 0.1) is 12.2 Å². The van der Waals surface area contributed by atoms with E-state index in [2.05, 4.69) is 6.92 Å². The molecule has 3 aromatic rings. The van der Waals surface area contributed by atoms with Gasteiger partial charge in [-0.15, -0.1) is 0 Å². The first-order valence-electron chi connectivity index (χ1n) is 11.6. The molecule has 6 nitrogen and oxygen atoms in total. The molecule has 0 aliphatic heterocycles. The molecular formula is C28H30O6. The van der Waals surface area contributed by atoms with Crippen LogP contribution in [0.3, 0.4) is 0 Å². The molecule has 3 rings (SSSR count). The maximum atomic E-state index is 12.6. The molecule has 0 saturated carbocycles. The Morgan fingerprint density at radius 1 is 0.647 bits per heavy atom. The summed E-state index contributed by atoms with van der Waals surface area (Å²) in [6.45, 7) is 3.10. The molecule has 0 radical (unpaired) electrons. The number of benzene rings is 3. The summed E-state index contributed by atoms with van der Waals surface area (Å²) in [6.07, 6.45) is 4.52. The summed E-state index contributed by atoms with van der Waals surface area (Å²) < 4.78 is 22.0. The van der Waals surface area contributed by atoms with Crippen molar-refractivity contribution in [2.75, 3.05) is 19.8 Å². The van der Waals surface area contributed by atoms with Crippen LogP contribution >= 0.6 is 0 Å². The third-order valence-electron chi connectivity index (χ3n) is 4.99. The summed E-state index contributed by atoms with van der Waals surface area (Å²) in [5.74, 6) is 0.377. The number of rotatable bonds is 13. The van der Waals surface area contributed by atoms with Crippen molar-refractivity contribution >= 4 is 11.9 Å². The Labute approximate surface area is 200 Å². The number of carbonyl (C=O) groups excluding carboxylic acids is 2. The van der Waals surface area contributed by atoms with E-state index >= 15 is 0 Å².